The Hall–Kier alpha value is 0.326. The van der Waals surface area contributed by atoms with E-state index in [0.717, 1.165) is 5.92 Å². The number of hydrogen-bond donors (Lipinski definition) is 1. The van der Waals surface area contributed by atoms with Gasteiger partial charge in [-0.05, 0) is 12.3 Å². The Labute approximate surface area is 141 Å². The van der Waals surface area contributed by atoms with Crippen molar-refractivity contribution in [1.29, 1.82) is 0 Å². The van der Waals surface area contributed by atoms with Crippen LogP contribution in [0.25, 0.3) is 0 Å². The van der Waals surface area contributed by atoms with Crippen molar-refractivity contribution in [2.75, 3.05) is 0 Å². The van der Waals surface area contributed by atoms with Gasteiger partial charge in [0, 0.05) is 6.42 Å². The number of carboxylic acids is 1. The molecule has 0 aliphatic heterocycles. The van der Waals surface area contributed by atoms with Gasteiger partial charge in [-0.2, -0.15) is 35.9 Å². The zero-order chi connectivity index (χ0) is 11.7. The summed E-state index contributed by atoms with van der Waals surface area (Å²) in [5.41, 5.74) is 1.41. The van der Waals surface area contributed by atoms with Gasteiger partial charge in [0.25, 0.3) is 0 Å². The average Bonchev–Trinajstić information content (AvgIpc) is 2.19. The van der Waals surface area contributed by atoms with Crippen LogP contribution in [0.1, 0.15) is 32.8 Å². The first-order valence-corrected chi connectivity index (χ1v) is 5.23. The summed E-state index contributed by atoms with van der Waals surface area (Å²) in [5, 5.41) is 7.72. The molecule has 1 rings (SSSR count). The molecule has 0 saturated heterocycles. The predicted molar refractivity (Wildman–Crippen MR) is 61.7 cm³/mol. The van der Waals surface area contributed by atoms with E-state index in [1.165, 1.54) is 12.0 Å². The van der Waals surface area contributed by atoms with E-state index in [2.05, 4.69) is 32.0 Å². The molecule has 0 radical (unpaired) electrons. The Balaban J connectivity index is 0. The van der Waals surface area contributed by atoms with Crippen LogP contribution in [0.15, 0.2) is 24.3 Å². The number of benzene rings is 1. The summed E-state index contributed by atoms with van der Waals surface area (Å²) in [4.78, 5) is 9.37. The second kappa shape index (κ2) is 11.8. The fourth-order valence-corrected chi connectivity index (χ4v) is 1.03. The Morgan fingerprint density at radius 1 is 1.38 bits per heavy atom. The third-order valence-electron chi connectivity index (χ3n) is 1.73. The van der Waals surface area contributed by atoms with Crippen molar-refractivity contribution >= 4 is 5.97 Å². The molecule has 0 heterocycles. The van der Waals surface area contributed by atoms with Gasteiger partial charge in [-0.3, -0.25) is 4.79 Å². The smallest absolute Gasteiger partial charge is 0.481 e. The van der Waals surface area contributed by atoms with E-state index in [-0.39, 0.29) is 57.8 Å². The van der Waals surface area contributed by atoms with Gasteiger partial charge in [0.1, 0.15) is 0 Å². The monoisotopic (exact) mass is 246 g/mol. The van der Waals surface area contributed by atoms with E-state index in [1.54, 1.807) is 6.92 Å². The van der Waals surface area contributed by atoms with Crippen molar-refractivity contribution < 1.29 is 61.3 Å². The Kier molecular flexibility index (Phi) is 13.8. The maximum Gasteiger partial charge on any atom is 1.00 e. The van der Waals surface area contributed by atoms with Gasteiger partial charge in [-0.25, -0.2) is 0 Å². The molecule has 1 aromatic rings. The number of hydrogen-bond acceptors (Lipinski definition) is 1. The summed E-state index contributed by atoms with van der Waals surface area (Å²) in [5.74, 6) is 0.00685. The molecule has 0 unspecified atom stereocenters. The van der Waals surface area contributed by atoms with Crippen LogP contribution >= 0.6 is 0 Å². The van der Waals surface area contributed by atoms with Crippen LogP contribution in [-0.2, 0) is 11.2 Å². The van der Waals surface area contributed by atoms with Gasteiger partial charge in [0.05, 0.1) is 0 Å². The van der Waals surface area contributed by atoms with Crippen molar-refractivity contribution in [2.24, 2.45) is 5.92 Å². The molecule has 0 atom stereocenters. The first-order valence-electron chi connectivity index (χ1n) is 5.23. The first-order chi connectivity index (χ1) is 7.06. The topological polar surface area (TPSA) is 37.3 Å². The summed E-state index contributed by atoms with van der Waals surface area (Å²) >= 11 is 0. The van der Waals surface area contributed by atoms with E-state index >= 15 is 0 Å². The van der Waals surface area contributed by atoms with Gasteiger partial charge in [-0.15, -0.1) is 0 Å². The van der Waals surface area contributed by atoms with Gasteiger partial charge in [0.15, 0.2) is 0 Å². The summed E-state index contributed by atoms with van der Waals surface area (Å²) in [7, 11) is 0. The third-order valence-corrected chi connectivity index (χ3v) is 1.73. The van der Waals surface area contributed by atoms with Crippen molar-refractivity contribution in [3.05, 3.63) is 35.9 Å². The van der Waals surface area contributed by atoms with E-state index < -0.39 is 5.97 Å². The standard InChI is InChI=1S/C10H13.C3H6O2.K/c1-9(2)8-10-6-4-3-5-7-10;1-2-3(4)5;/h4-7,9H,8H2,1-2H3;2H2,1H3,(H,4,5);/q-1;;+1. The number of carbonyl (C=O) groups is 1. The van der Waals surface area contributed by atoms with Crippen molar-refractivity contribution in [3.63, 3.8) is 0 Å². The molecule has 0 aliphatic rings. The van der Waals surface area contributed by atoms with E-state index in [1.807, 2.05) is 12.1 Å². The summed E-state index contributed by atoms with van der Waals surface area (Å²) in [6, 6.07) is 11.2. The largest absolute Gasteiger partial charge is 1.00 e. The van der Waals surface area contributed by atoms with Gasteiger partial charge in [-0.1, -0.05) is 20.8 Å². The minimum absolute atomic E-state index is 0. The molecule has 0 aliphatic carbocycles. The number of aliphatic carboxylic acids is 1. The maximum atomic E-state index is 9.37. The Bertz CT molecular complexity index is 271. The molecular formula is C13H19KO2. The minimum atomic E-state index is -0.745. The number of carboxylic acid groups (broad SMARTS) is 1. The molecule has 0 saturated carbocycles. The molecule has 2 nitrogen and oxygen atoms in total. The van der Waals surface area contributed by atoms with Gasteiger partial charge < -0.3 is 5.11 Å². The Morgan fingerprint density at radius 3 is 2.12 bits per heavy atom. The fraction of sp³-hybridized carbons (Fsp3) is 0.462. The SMILES string of the molecule is CC(C)Cc1cc[c-]cc1.CCC(=O)O.[K+]. The van der Waals surface area contributed by atoms with E-state index in [9.17, 15) is 4.79 Å². The van der Waals surface area contributed by atoms with Gasteiger partial charge >= 0.3 is 57.4 Å². The maximum absolute atomic E-state index is 9.37. The zero-order valence-electron chi connectivity index (χ0n) is 10.7. The van der Waals surface area contributed by atoms with Crippen molar-refractivity contribution in [2.45, 2.75) is 33.6 Å². The third kappa shape index (κ3) is 12.4. The van der Waals surface area contributed by atoms with Gasteiger partial charge in [0.2, 0.25) is 0 Å². The molecular weight excluding hydrogens is 227 g/mol. The van der Waals surface area contributed by atoms with Crippen LogP contribution in [0.3, 0.4) is 0 Å². The fourth-order valence-electron chi connectivity index (χ4n) is 1.03. The van der Waals surface area contributed by atoms with E-state index in [0.29, 0.717) is 0 Å². The summed E-state index contributed by atoms with van der Waals surface area (Å²) in [6.45, 7) is 6.07. The molecule has 0 fully saturated rings. The molecule has 1 aromatic carbocycles. The second-order valence-electron chi connectivity index (χ2n) is 3.75. The van der Waals surface area contributed by atoms with Crippen LogP contribution in [0.4, 0.5) is 0 Å². The summed E-state index contributed by atoms with van der Waals surface area (Å²) < 4.78 is 0. The minimum Gasteiger partial charge on any atom is -0.481 e. The molecule has 0 spiro atoms. The normalized spacial score (nSPS) is 8.75. The number of rotatable bonds is 3. The first kappa shape index (κ1) is 18.7. The average molecular weight is 246 g/mol. The molecule has 84 valence electrons. The van der Waals surface area contributed by atoms with Crippen LogP contribution in [0.5, 0.6) is 0 Å². The predicted octanol–water partition coefficient (Wildman–Crippen LogP) is 0.170. The van der Waals surface area contributed by atoms with Crippen molar-refractivity contribution in [1.82, 2.24) is 0 Å². The molecule has 0 amide bonds. The second-order valence-corrected chi connectivity index (χ2v) is 3.75. The van der Waals surface area contributed by atoms with Crippen LogP contribution in [-0.4, -0.2) is 11.1 Å². The van der Waals surface area contributed by atoms with Crippen molar-refractivity contribution in [3.8, 4) is 0 Å². The van der Waals surface area contributed by atoms with Crippen LogP contribution < -0.4 is 51.4 Å². The van der Waals surface area contributed by atoms with Crippen LogP contribution in [0, 0.1) is 12.0 Å². The molecule has 16 heavy (non-hydrogen) atoms. The Morgan fingerprint density at radius 2 is 1.81 bits per heavy atom. The quantitative estimate of drug-likeness (QED) is 0.610. The zero-order valence-corrected chi connectivity index (χ0v) is 13.8. The van der Waals surface area contributed by atoms with Crippen LogP contribution in [0.2, 0.25) is 0 Å². The molecule has 0 aromatic heterocycles. The molecule has 0 bridgehead atoms. The molecule has 3 heteroatoms. The van der Waals surface area contributed by atoms with E-state index in [4.69, 9.17) is 5.11 Å². The molecule has 1 N–H and O–H groups in total. The summed E-state index contributed by atoms with van der Waals surface area (Å²) in [6.07, 6.45) is 1.40.